The molecule has 15 heavy (non-hydrogen) atoms. The van der Waals surface area contributed by atoms with Crippen molar-refractivity contribution in [2.75, 3.05) is 0 Å². The second-order valence-corrected chi connectivity index (χ2v) is 3.44. The Morgan fingerprint density at radius 2 is 2.20 bits per heavy atom. The average Bonchev–Trinajstić information content (AvgIpc) is 2.20. The molecule has 0 radical (unpaired) electrons. The number of halogens is 2. The summed E-state index contributed by atoms with van der Waals surface area (Å²) in [6.07, 6.45) is 4.22. The number of hydrogen-bond donors (Lipinski definition) is 1. The Morgan fingerprint density at radius 3 is 2.87 bits per heavy atom. The first-order chi connectivity index (χ1) is 7.13. The van der Waals surface area contributed by atoms with Gasteiger partial charge in [0.1, 0.15) is 0 Å². The summed E-state index contributed by atoms with van der Waals surface area (Å²) < 4.78 is 0. The summed E-state index contributed by atoms with van der Waals surface area (Å²) in [5.74, 6) is -0.506. The quantitative estimate of drug-likeness (QED) is 0.491. The monoisotopic (exact) mass is 240 g/mol. The fourth-order valence-corrected chi connectivity index (χ4v) is 1.27. The maximum absolute atomic E-state index is 10.9. The Labute approximate surface area is 96.9 Å². The maximum Gasteiger partial charge on any atom is 0.256 e. The molecule has 0 bridgehead atoms. The van der Waals surface area contributed by atoms with Crippen molar-refractivity contribution in [2.24, 2.45) is 0 Å². The van der Waals surface area contributed by atoms with Crippen molar-refractivity contribution in [1.82, 2.24) is 5.32 Å². The number of rotatable bonds is 2. The molecule has 0 saturated carbocycles. The minimum atomic E-state index is -0.506. The minimum Gasteiger partial charge on any atom is -0.269 e. The molecule has 0 heterocycles. The van der Waals surface area contributed by atoms with Gasteiger partial charge >= 0.3 is 0 Å². The highest BCUT2D eigenvalue weighted by molar-refractivity contribution is 6.34. The third-order valence-corrected chi connectivity index (χ3v) is 2.13. The van der Waals surface area contributed by atoms with Crippen molar-refractivity contribution in [3.63, 3.8) is 0 Å². The Morgan fingerprint density at radius 1 is 1.47 bits per heavy atom. The highest BCUT2D eigenvalue weighted by Crippen LogP contribution is 2.21. The number of nitriles is 1. The summed E-state index contributed by atoms with van der Waals surface area (Å²) >= 11 is 11.6. The molecule has 1 rings (SSSR count). The summed E-state index contributed by atoms with van der Waals surface area (Å²) in [4.78, 5) is 10.9. The molecule has 0 fully saturated rings. The fourth-order valence-electron chi connectivity index (χ4n) is 0.905. The van der Waals surface area contributed by atoms with E-state index < -0.39 is 5.91 Å². The van der Waals surface area contributed by atoms with Gasteiger partial charge in [0.15, 0.2) is 6.19 Å². The van der Waals surface area contributed by atoms with Crippen LogP contribution < -0.4 is 5.32 Å². The highest BCUT2D eigenvalue weighted by atomic mass is 35.5. The standard InChI is InChI=1S/C10H6Cl2N2O/c11-8-2-3-9(12)7(5-8)1-4-10(15)14-6-13/h1-5H,(H,14,15). The first-order valence-electron chi connectivity index (χ1n) is 3.95. The lowest BCUT2D eigenvalue weighted by atomic mass is 10.2. The molecule has 0 aliphatic rings. The molecule has 0 spiro atoms. The molecule has 76 valence electrons. The Bertz CT molecular complexity index is 449. The van der Waals surface area contributed by atoms with E-state index >= 15 is 0 Å². The third-order valence-electron chi connectivity index (χ3n) is 1.55. The molecule has 0 aliphatic heterocycles. The molecule has 0 atom stereocenters. The summed E-state index contributed by atoms with van der Waals surface area (Å²) in [7, 11) is 0. The van der Waals surface area contributed by atoms with Crippen LogP contribution >= 0.6 is 23.2 Å². The lowest BCUT2D eigenvalue weighted by molar-refractivity contribution is -0.115. The Hall–Kier alpha value is -1.50. The van der Waals surface area contributed by atoms with E-state index in [1.54, 1.807) is 18.2 Å². The van der Waals surface area contributed by atoms with Gasteiger partial charge in [0.2, 0.25) is 0 Å². The smallest absolute Gasteiger partial charge is 0.256 e. The molecular weight excluding hydrogens is 235 g/mol. The molecule has 0 aromatic heterocycles. The first-order valence-corrected chi connectivity index (χ1v) is 4.71. The number of carbonyl (C=O) groups is 1. The minimum absolute atomic E-state index is 0.486. The normalized spacial score (nSPS) is 9.93. The van der Waals surface area contributed by atoms with Crippen LogP contribution in [0, 0.1) is 11.5 Å². The van der Waals surface area contributed by atoms with E-state index in [0.29, 0.717) is 15.6 Å². The van der Waals surface area contributed by atoms with Crippen molar-refractivity contribution in [1.29, 1.82) is 5.26 Å². The number of benzene rings is 1. The number of nitrogens with one attached hydrogen (secondary N) is 1. The third kappa shape index (κ3) is 3.62. The molecule has 3 nitrogen and oxygen atoms in total. The van der Waals surface area contributed by atoms with Gasteiger partial charge in [0.05, 0.1) is 0 Å². The van der Waals surface area contributed by atoms with E-state index in [4.69, 9.17) is 28.5 Å². The summed E-state index contributed by atoms with van der Waals surface area (Å²) in [6, 6.07) is 4.91. The van der Waals surface area contributed by atoms with Crippen LogP contribution in [0.15, 0.2) is 24.3 Å². The van der Waals surface area contributed by atoms with Crippen LogP contribution in [-0.4, -0.2) is 5.91 Å². The molecular formula is C10H6Cl2N2O. The van der Waals surface area contributed by atoms with Crippen molar-refractivity contribution >= 4 is 35.2 Å². The molecule has 1 amide bonds. The zero-order valence-electron chi connectivity index (χ0n) is 7.50. The molecule has 1 aromatic carbocycles. The van der Waals surface area contributed by atoms with Crippen LogP contribution in [0.1, 0.15) is 5.56 Å². The number of carbonyl (C=O) groups excluding carboxylic acids is 1. The predicted molar refractivity (Wildman–Crippen MR) is 59.3 cm³/mol. The summed E-state index contributed by atoms with van der Waals surface area (Å²) in [5, 5.41) is 11.1. The first kappa shape index (κ1) is 11.6. The summed E-state index contributed by atoms with van der Waals surface area (Å²) in [6.45, 7) is 0. The van der Waals surface area contributed by atoms with Gasteiger partial charge in [-0.2, -0.15) is 5.26 Å². The van der Waals surface area contributed by atoms with Crippen LogP contribution in [0.3, 0.4) is 0 Å². The number of nitrogens with zero attached hydrogens (tertiary/aromatic N) is 1. The van der Waals surface area contributed by atoms with Gasteiger partial charge in [-0.05, 0) is 29.8 Å². The van der Waals surface area contributed by atoms with Crippen LogP contribution in [0.4, 0.5) is 0 Å². The van der Waals surface area contributed by atoms with E-state index in [1.807, 2.05) is 5.32 Å². The zero-order chi connectivity index (χ0) is 11.3. The lowest BCUT2D eigenvalue weighted by Gasteiger charge is -1.98. The van der Waals surface area contributed by atoms with Crippen molar-refractivity contribution in [3.8, 4) is 6.19 Å². The number of hydrogen-bond acceptors (Lipinski definition) is 2. The van der Waals surface area contributed by atoms with E-state index in [1.165, 1.54) is 18.3 Å². The topological polar surface area (TPSA) is 52.9 Å². The van der Waals surface area contributed by atoms with Gasteiger partial charge in [-0.15, -0.1) is 0 Å². The van der Waals surface area contributed by atoms with Crippen LogP contribution in [0.2, 0.25) is 10.0 Å². The van der Waals surface area contributed by atoms with E-state index in [2.05, 4.69) is 0 Å². The second kappa shape index (κ2) is 5.40. The second-order valence-electron chi connectivity index (χ2n) is 2.60. The van der Waals surface area contributed by atoms with Gasteiger partial charge in [0, 0.05) is 16.1 Å². The van der Waals surface area contributed by atoms with Crippen molar-refractivity contribution in [3.05, 3.63) is 39.9 Å². The van der Waals surface area contributed by atoms with Crippen molar-refractivity contribution in [2.45, 2.75) is 0 Å². The number of amides is 1. The van der Waals surface area contributed by atoms with Gasteiger partial charge in [-0.1, -0.05) is 23.2 Å². The van der Waals surface area contributed by atoms with E-state index in [-0.39, 0.29) is 0 Å². The molecule has 0 unspecified atom stereocenters. The lowest BCUT2D eigenvalue weighted by Crippen LogP contribution is -2.13. The van der Waals surface area contributed by atoms with E-state index in [0.717, 1.165) is 0 Å². The zero-order valence-corrected chi connectivity index (χ0v) is 9.01. The van der Waals surface area contributed by atoms with Crippen molar-refractivity contribution < 1.29 is 4.79 Å². The molecule has 5 heteroatoms. The predicted octanol–water partition coefficient (Wildman–Crippen LogP) is 2.60. The molecule has 0 saturated heterocycles. The van der Waals surface area contributed by atoms with Gasteiger partial charge in [-0.25, -0.2) is 0 Å². The van der Waals surface area contributed by atoms with Crippen LogP contribution in [0.5, 0.6) is 0 Å². The average molecular weight is 241 g/mol. The van der Waals surface area contributed by atoms with Gasteiger partial charge < -0.3 is 0 Å². The SMILES string of the molecule is N#CNC(=O)C=Cc1cc(Cl)ccc1Cl. The van der Waals surface area contributed by atoms with Gasteiger partial charge in [0.25, 0.3) is 5.91 Å². The molecule has 1 N–H and O–H groups in total. The van der Waals surface area contributed by atoms with Gasteiger partial charge in [-0.3, -0.25) is 10.1 Å². The molecule has 0 aliphatic carbocycles. The molecule has 1 aromatic rings. The Balaban J connectivity index is 2.85. The largest absolute Gasteiger partial charge is 0.269 e. The summed E-state index contributed by atoms with van der Waals surface area (Å²) in [5.41, 5.74) is 0.622. The fraction of sp³-hybridized carbons (Fsp3) is 0. The van der Waals surface area contributed by atoms with Crippen LogP contribution in [-0.2, 0) is 4.79 Å². The van der Waals surface area contributed by atoms with E-state index in [9.17, 15) is 4.79 Å². The Kier molecular flexibility index (Phi) is 4.17. The van der Waals surface area contributed by atoms with Crippen LogP contribution in [0.25, 0.3) is 6.08 Å². The maximum atomic E-state index is 10.9. The highest BCUT2D eigenvalue weighted by Gasteiger charge is 1.98.